The van der Waals surface area contributed by atoms with E-state index in [1.54, 1.807) is 42.5 Å². The number of carbonyl (C=O) groups is 1. The number of amides is 1. The average molecular weight is 422 g/mol. The van der Waals surface area contributed by atoms with Gasteiger partial charge in [-0.15, -0.1) is 0 Å². The van der Waals surface area contributed by atoms with Crippen molar-refractivity contribution in [2.75, 3.05) is 10.0 Å². The minimum absolute atomic E-state index is 0.0267. The fraction of sp³-hybridized carbons (Fsp3) is 0.0476. The summed E-state index contributed by atoms with van der Waals surface area (Å²) in [5.41, 5.74) is 2.93. The number of hydrogen-bond acceptors (Lipinski definition) is 4. The number of benzene rings is 3. The Labute approximate surface area is 172 Å². The monoisotopic (exact) mass is 422 g/mol. The number of aromatic nitrogens is 2. The quantitative estimate of drug-likeness (QED) is 0.394. The van der Waals surface area contributed by atoms with Gasteiger partial charge in [-0.05, 0) is 55.5 Å². The van der Waals surface area contributed by atoms with Crippen molar-refractivity contribution in [3.05, 3.63) is 88.3 Å². The van der Waals surface area contributed by atoms with E-state index in [0.717, 1.165) is 5.56 Å². The van der Waals surface area contributed by atoms with Crippen molar-refractivity contribution in [3.63, 3.8) is 0 Å². The van der Waals surface area contributed by atoms with Crippen LogP contribution in [0, 0.1) is 6.92 Å². The van der Waals surface area contributed by atoms with Crippen molar-refractivity contribution in [3.8, 4) is 0 Å². The Balaban J connectivity index is 1.56. The summed E-state index contributed by atoms with van der Waals surface area (Å²) in [6, 6.07) is 17.6. The van der Waals surface area contributed by atoms with E-state index in [9.17, 15) is 18.0 Å². The van der Waals surface area contributed by atoms with Crippen molar-refractivity contribution in [2.24, 2.45) is 0 Å². The number of nitrogens with one attached hydrogen (secondary N) is 4. The normalized spacial score (nSPS) is 11.4. The van der Waals surface area contributed by atoms with Gasteiger partial charge in [0.2, 0.25) is 0 Å². The summed E-state index contributed by atoms with van der Waals surface area (Å²) >= 11 is 0. The minimum Gasteiger partial charge on any atom is -0.322 e. The van der Waals surface area contributed by atoms with Gasteiger partial charge in [0.15, 0.2) is 0 Å². The minimum atomic E-state index is -3.85. The number of hydrogen-bond donors (Lipinski definition) is 4. The first-order valence-electron chi connectivity index (χ1n) is 9.03. The van der Waals surface area contributed by atoms with Crippen molar-refractivity contribution in [2.45, 2.75) is 11.8 Å². The van der Waals surface area contributed by atoms with E-state index >= 15 is 0 Å². The van der Waals surface area contributed by atoms with Gasteiger partial charge in [-0.3, -0.25) is 9.52 Å². The van der Waals surface area contributed by atoms with Crippen LogP contribution in [0.15, 0.2) is 76.4 Å². The largest absolute Gasteiger partial charge is 0.323 e. The van der Waals surface area contributed by atoms with Crippen LogP contribution in [0.5, 0.6) is 0 Å². The predicted octanol–water partition coefficient (Wildman–Crippen LogP) is 3.22. The smallest absolute Gasteiger partial charge is 0.322 e. The number of imidazole rings is 1. The van der Waals surface area contributed by atoms with Crippen molar-refractivity contribution >= 4 is 38.3 Å². The summed E-state index contributed by atoms with van der Waals surface area (Å²) in [6.07, 6.45) is 0. The van der Waals surface area contributed by atoms with E-state index in [0.29, 0.717) is 22.4 Å². The lowest BCUT2D eigenvalue weighted by Crippen LogP contribution is -2.16. The second-order valence-corrected chi connectivity index (χ2v) is 8.48. The van der Waals surface area contributed by atoms with Gasteiger partial charge in [0.05, 0.1) is 15.9 Å². The molecule has 1 aromatic heterocycles. The lowest BCUT2D eigenvalue weighted by atomic mass is 10.2. The third kappa shape index (κ3) is 4.11. The molecule has 0 aliphatic heterocycles. The molecular formula is C21H18N4O4S. The molecule has 1 heterocycles. The number of aromatic amines is 2. The summed E-state index contributed by atoms with van der Waals surface area (Å²) in [6.45, 7) is 1.91. The maximum atomic E-state index is 12.7. The van der Waals surface area contributed by atoms with Gasteiger partial charge in [0.25, 0.3) is 15.9 Å². The lowest BCUT2D eigenvalue weighted by molar-refractivity contribution is 0.102. The van der Waals surface area contributed by atoms with Gasteiger partial charge in [0.1, 0.15) is 0 Å². The van der Waals surface area contributed by atoms with Gasteiger partial charge in [-0.2, -0.15) is 0 Å². The molecule has 0 saturated heterocycles. The van der Waals surface area contributed by atoms with Crippen LogP contribution in [0.25, 0.3) is 11.0 Å². The molecule has 4 rings (SSSR count). The van der Waals surface area contributed by atoms with Crippen LogP contribution < -0.4 is 15.7 Å². The van der Waals surface area contributed by atoms with Crippen molar-refractivity contribution in [1.82, 2.24) is 9.97 Å². The maximum absolute atomic E-state index is 12.7. The highest BCUT2D eigenvalue weighted by Crippen LogP contribution is 2.19. The highest BCUT2D eigenvalue weighted by Gasteiger charge is 2.17. The zero-order chi connectivity index (χ0) is 21.3. The van der Waals surface area contributed by atoms with Crippen LogP contribution in [-0.2, 0) is 10.0 Å². The number of sulfonamides is 1. The van der Waals surface area contributed by atoms with Gasteiger partial charge in [-0.25, -0.2) is 13.2 Å². The second kappa shape index (κ2) is 7.53. The summed E-state index contributed by atoms with van der Waals surface area (Å²) in [5.74, 6) is -0.473. The number of rotatable bonds is 5. The molecule has 0 fully saturated rings. The molecular weight excluding hydrogens is 404 g/mol. The van der Waals surface area contributed by atoms with E-state index in [1.807, 2.05) is 6.92 Å². The highest BCUT2D eigenvalue weighted by molar-refractivity contribution is 7.92. The molecule has 3 aromatic carbocycles. The molecule has 30 heavy (non-hydrogen) atoms. The van der Waals surface area contributed by atoms with Crippen LogP contribution in [0.2, 0.25) is 0 Å². The molecule has 0 atom stereocenters. The van der Waals surface area contributed by atoms with Crippen LogP contribution in [0.1, 0.15) is 15.9 Å². The Morgan fingerprint density at radius 2 is 1.57 bits per heavy atom. The molecule has 4 N–H and O–H groups in total. The van der Waals surface area contributed by atoms with Crippen LogP contribution in [0.3, 0.4) is 0 Å². The summed E-state index contributed by atoms with van der Waals surface area (Å²) < 4.78 is 27.9. The van der Waals surface area contributed by atoms with Crippen LogP contribution in [0.4, 0.5) is 11.4 Å². The Hall–Kier alpha value is -3.85. The zero-order valence-corrected chi connectivity index (χ0v) is 16.7. The Kier molecular flexibility index (Phi) is 4.88. The zero-order valence-electron chi connectivity index (χ0n) is 15.9. The van der Waals surface area contributed by atoms with Gasteiger partial charge in [-0.1, -0.05) is 23.8 Å². The van der Waals surface area contributed by atoms with Crippen LogP contribution in [-0.4, -0.2) is 24.3 Å². The number of carbonyl (C=O) groups excluding carboxylic acids is 1. The first kappa shape index (κ1) is 19.5. The van der Waals surface area contributed by atoms with E-state index in [-0.39, 0.29) is 16.1 Å². The van der Waals surface area contributed by atoms with E-state index in [4.69, 9.17) is 0 Å². The van der Waals surface area contributed by atoms with Gasteiger partial charge < -0.3 is 15.3 Å². The molecule has 0 aliphatic rings. The van der Waals surface area contributed by atoms with E-state index in [1.165, 1.54) is 24.3 Å². The summed E-state index contributed by atoms with van der Waals surface area (Å²) in [7, 11) is -3.85. The molecule has 0 unspecified atom stereocenters. The standard InChI is InChI=1S/C21H18N4O4S/c1-13-5-7-15(8-6-13)25-30(28,29)17-4-2-3-14(11-17)20(26)22-16-9-10-18-19(12-16)24-21(27)23-18/h2-12,25H,1H3,(H,22,26)(H2,23,24,27). The van der Waals surface area contributed by atoms with Crippen LogP contribution >= 0.6 is 0 Å². The molecule has 0 saturated carbocycles. The van der Waals surface area contributed by atoms with Gasteiger partial charge >= 0.3 is 5.69 Å². The number of H-pyrrole nitrogens is 2. The fourth-order valence-electron chi connectivity index (χ4n) is 2.95. The van der Waals surface area contributed by atoms with Crippen molar-refractivity contribution < 1.29 is 13.2 Å². The number of aryl methyl sites for hydroxylation is 1. The summed E-state index contributed by atoms with van der Waals surface area (Å²) in [4.78, 5) is 29.2. The lowest BCUT2D eigenvalue weighted by Gasteiger charge is -2.10. The fourth-order valence-corrected chi connectivity index (χ4v) is 4.06. The Bertz CT molecular complexity index is 1400. The Morgan fingerprint density at radius 1 is 0.867 bits per heavy atom. The molecule has 0 bridgehead atoms. The number of fused-ring (bicyclic) bond motifs is 1. The SMILES string of the molecule is Cc1ccc(NS(=O)(=O)c2cccc(C(=O)Nc3ccc4[nH]c(=O)[nH]c4c3)c2)cc1. The average Bonchev–Trinajstić information content (AvgIpc) is 3.09. The molecule has 1 amide bonds. The molecule has 0 radical (unpaired) electrons. The topological polar surface area (TPSA) is 124 Å². The third-order valence-electron chi connectivity index (χ3n) is 4.48. The second-order valence-electron chi connectivity index (χ2n) is 6.79. The van der Waals surface area contributed by atoms with E-state index in [2.05, 4.69) is 20.0 Å². The van der Waals surface area contributed by atoms with E-state index < -0.39 is 15.9 Å². The first-order chi connectivity index (χ1) is 14.3. The first-order valence-corrected chi connectivity index (χ1v) is 10.5. The maximum Gasteiger partial charge on any atom is 0.323 e. The predicted molar refractivity (Wildman–Crippen MR) is 115 cm³/mol. The molecule has 0 spiro atoms. The molecule has 0 aliphatic carbocycles. The summed E-state index contributed by atoms with van der Waals surface area (Å²) in [5, 5.41) is 2.70. The third-order valence-corrected chi connectivity index (χ3v) is 5.86. The van der Waals surface area contributed by atoms with Gasteiger partial charge in [0, 0.05) is 16.9 Å². The molecule has 4 aromatic rings. The molecule has 9 heteroatoms. The molecule has 8 nitrogen and oxygen atoms in total. The number of anilines is 2. The molecule has 152 valence electrons. The van der Waals surface area contributed by atoms with Crippen molar-refractivity contribution in [1.29, 1.82) is 0 Å². The highest BCUT2D eigenvalue weighted by atomic mass is 32.2. The Morgan fingerprint density at radius 3 is 2.33 bits per heavy atom.